The van der Waals surface area contributed by atoms with Crippen molar-refractivity contribution in [2.24, 2.45) is 5.92 Å². The summed E-state index contributed by atoms with van der Waals surface area (Å²) in [7, 11) is 0. The number of furan rings is 1. The molecule has 0 radical (unpaired) electrons. The molecule has 0 aromatic carbocycles. The van der Waals surface area contributed by atoms with Crippen molar-refractivity contribution in [3.63, 3.8) is 0 Å². The van der Waals surface area contributed by atoms with Crippen LogP contribution in [0.25, 0.3) is 0 Å². The van der Waals surface area contributed by atoms with E-state index in [4.69, 9.17) is 4.42 Å². The second-order valence-electron chi connectivity index (χ2n) is 5.20. The maximum Gasteiger partial charge on any atom is 0.223 e. The van der Waals surface area contributed by atoms with Crippen LogP contribution in [0.2, 0.25) is 0 Å². The first kappa shape index (κ1) is 13.1. The number of hydrogen-bond donors (Lipinski definition) is 1. The van der Waals surface area contributed by atoms with Crippen LogP contribution in [-0.4, -0.2) is 41.9 Å². The first-order valence-electron chi connectivity index (χ1n) is 6.97. The summed E-state index contributed by atoms with van der Waals surface area (Å²) in [6.07, 6.45) is 3.82. The molecule has 4 nitrogen and oxygen atoms in total. The van der Waals surface area contributed by atoms with Crippen molar-refractivity contribution < 1.29 is 9.21 Å². The Morgan fingerprint density at radius 1 is 1.47 bits per heavy atom. The summed E-state index contributed by atoms with van der Waals surface area (Å²) in [6, 6.07) is 4.11. The Hall–Kier alpha value is -0.940. The van der Waals surface area contributed by atoms with E-state index >= 15 is 0 Å². The lowest BCUT2D eigenvalue weighted by Gasteiger charge is -2.33. The highest BCUT2D eigenvalue weighted by Crippen LogP contribution is 2.29. The van der Waals surface area contributed by atoms with Crippen molar-refractivity contribution in [1.29, 1.82) is 0 Å². The van der Waals surface area contributed by atoms with Gasteiger partial charge in [-0.15, -0.1) is 0 Å². The topological polar surface area (TPSA) is 45.5 Å². The number of carbonyl (C=O) groups is 1. The average molecular weight is 280 g/mol. The van der Waals surface area contributed by atoms with Crippen LogP contribution in [0, 0.1) is 5.92 Å². The predicted octanol–water partition coefficient (Wildman–Crippen LogP) is 1.90. The highest BCUT2D eigenvalue weighted by atomic mass is 32.2. The monoisotopic (exact) mass is 280 g/mol. The highest BCUT2D eigenvalue weighted by Gasteiger charge is 2.31. The van der Waals surface area contributed by atoms with E-state index in [-0.39, 0.29) is 17.9 Å². The Morgan fingerprint density at radius 2 is 2.26 bits per heavy atom. The van der Waals surface area contributed by atoms with Gasteiger partial charge >= 0.3 is 0 Å². The standard InChI is InChI=1S/C14H20N2O2S/c17-14(11-3-4-11)15-10-12(13-2-1-7-18-13)16-5-8-19-9-6-16/h1-2,7,11-12H,3-6,8-10H2,(H,15,17). The lowest BCUT2D eigenvalue weighted by atomic mass is 10.1. The lowest BCUT2D eigenvalue weighted by Crippen LogP contribution is -2.42. The van der Waals surface area contributed by atoms with Gasteiger partial charge in [0.25, 0.3) is 0 Å². The number of thioether (sulfide) groups is 1. The van der Waals surface area contributed by atoms with Crippen LogP contribution in [0.15, 0.2) is 22.8 Å². The number of amides is 1. The van der Waals surface area contributed by atoms with Gasteiger partial charge in [-0.25, -0.2) is 0 Å². The molecule has 2 aliphatic rings. The zero-order valence-electron chi connectivity index (χ0n) is 11.0. The van der Waals surface area contributed by atoms with Crippen LogP contribution >= 0.6 is 11.8 Å². The molecular weight excluding hydrogens is 260 g/mol. The van der Waals surface area contributed by atoms with Gasteiger partial charge in [-0.2, -0.15) is 11.8 Å². The molecule has 1 unspecified atom stereocenters. The number of nitrogens with one attached hydrogen (secondary N) is 1. The SMILES string of the molecule is O=C(NCC(c1ccco1)N1CCSCC1)C1CC1. The minimum atomic E-state index is 0.179. The maximum atomic E-state index is 11.8. The van der Waals surface area contributed by atoms with Gasteiger partial charge in [0.2, 0.25) is 5.91 Å². The third kappa shape index (κ3) is 3.34. The molecule has 2 fully saturated rings. The summed E-state index contributed by atoms with van der Waals surface area (Å²) < 4.78 is 5.56. The third-order valence-electron chi connectivity index (χ3n) is 3.78. The van der Waals surface area contributed by atoms with Gasteiger partial charge in [-0.1, -0.05) is 0 Å². The molecule has 3 rings (SSSR count). The molecule has 104 valence electrons. The molecule has 1 aliphatic heterocycles. The number of hydrogen-bond acceptors (Lipinski definition) is 4. The van der Waals surface area contributed by atoms with Crippen molar-refractivity contribution >= 4 is 17.7 Å². The predicted molar refractivity (Wildman–Crippen MR) is 76.1 cm³/mol. The molecule has 0 bridgehead atoms. The molecule has 1 amide bonds. The Balaban J connectivity index is 1.63. The Morgan fingerprint density at radius 3 is 2.89 bits per heavy atom. The minimum absolute atomic E-state index is 0.179. The van der Waals surface area contributed by atoms with Gasteiger partial charge in [-0.3, -0.25) is 9.69 Å². The van der Waals surface area contributed by atoms with Crippen molar-refractivity contribution in [3.05, 3.63) is 24.2 Å². The Kier molecular flexibility index (Phi) is 4.13. The highest BCUT2D eigenvalue weighted by molar-refractivity contribution is 7.99. The van der Waals surface area contributed by atoms with Crippen LogP contribution in [0.5, 0.6) is 0 Å². The molecule has 2 heterocycles. The van der Waals surface area contributed by atoms with Gasteiger partial charge in [0, 0.05) is 37.1 Å². The smallest absolute Gasteiger partial charge is 0.223 e. The van der Waals surface area contributed by atoms with Crippen LogP contribution in [0.1, 0.15) is 24.6 Å². The van der Waals surface area contributed by atoms with Gasteiger partial charge in [-0.05, 0) is 25.0 Å². The molecule has 1 aliphatic carbocycles. The van der Waals surface area contributed by atoms with E-state index in [9.17, 15) is 4.79 Å². The number of nitrogens with zero attached hydrogens (tertiary/aromatic N) is 1. The van der Waals surface area contributed by atoms with E-state index in [1.165, 1.54) is 0 Å². The second kappa shape index (κ2) is 6.01. The maximum absolute atomic E-state index is 11.8. The van der Waals surface area contributed by atoms with Crippen LogP contribution in [0.3, 0.4) is 0 Å². The normalized spacial score (nSPS) is 22.1. The zero-order chi connectivity index (χ0) is 13.1. The van der Waals surface area contributed by atoms with Crippen molar-refractivity contribution in [2.45, 2.75) is 18.9 Å². The molecule has 1 aromatic rings. The first-order chi connectivity index (χ1) is 9.34. The van der Waals surface area contributed by atoms with Gasteiger partial charge in [0.05, 0.1) is 12.3 Å². The van der Waals surface area contributed by atoms with Gasteiger partial charge in [0.1, 0.15) is 5.76 Å². The van der Waals surface area contributed by atoms with Crippen molar-refractivity contribution in [2.75, 3.05) is 31.1 Å². The van der Waals surface area contributed by atoms with E-state index in [0.717, 1.165) is 43.2 Å². The van der Waals surface area contributed by atoms with E-state index in [2.05, 4.69) is 10.2 Å². The number of carbonyl (C=O) groups excluding carboxylic acids is 1. The summed E-state index contributed by atoms with van der Waals surface area (Å²) in [5.41, 5.74) is 0. The van der Waals surface area contributed by atoms with E-state index in [1.807, 2.05) is 23.9 Å². The zero-order valence-corrected chi connectivity index (χ0v) is 11.8. The molecule has 5 heteroatoms. The summed E-state index contributed by atoms with van der Waals surface area (Å²) in [5.74, 6) is 3.77. The molecule has 0 spiro atoms. The fourth-order valence-electron chi connectivity index (χ4n) is 2.47. The van der Waals surface area contributed by atoms with Crippen LogP contribution < -0.4 is 5.32 Å². The molecular formula is C14H20N2O2S. The Bertz CT molecular complexity index is 411. The van der Waals surface area contributed by atoms with Gasteiger partial charge in [0.15, 0.2) is 0 Å². The molecule has 1 saturated carbocycles. The summed E-state index contributed by atoms with van der Waals surface area (Å²) in [4.78, 5) is 14.2. The summed E-state index contributed by atoms with van der Waals surface area (Å²) in [6.45, 7) is 2.79. The van der Waals surface area contributed by atoms with E-state index < -0.39 is 0 Å². The quantitative estimate of drug-likeness (QED) is 0.895. The first-order valence-corrected chi connectivity index (χ1v) is 8.13. The lowest BCUT2D eigenvalue weighted by molar-refractivity contribution is -0.122. The third-order valence-corrected chi connectivity index (χ3v) is 4.72. The van der Waals surface area contributed by atoms with Crippen LogP contribution in [-0.2, 0) is 4.79 Å². The van der Waals surface area contributed by atoms with E-state index in [1.54, 1.807) is 6.26 Å². The fraction of sp³-hybridized carbons (Fsp3) is 0.643. The molecule has 1 saturated heterocycles. The summed E-state index contributed by atoms with van der Waals surface area (Å²) in [5, 5.41) is 3.08. The minimum Gasteiger partial charge on any atom is -0.468 e. The van der Waals surface area contributed by atoms with Crippen molar-refractivity contribution in [3.8, 4) is 0 Å². The largest absolute Gasteiger partial charge is 0.468 e. The Labute approximate surface area is 117 Å². The molecule has 1 aromatic heterocycles. The average Bonchev–Trinajstić information content (AvgIpc) is 3.17. The summed E-state index contributed by atoms with van der Waals surface area (Å²) >= 11 is 1.99. The number of rotatable bonds is 5. The van der Waals surface area contributed by atoms with Crippen LogP contribution in [0.4, 0.5) is 0 Å². The molecule has 19 heavy (non-hydrogen) atoms. The van der Waals surface area contributed by atoms with Gasteiger partial charge < -0.3 is 9.73 Å². The second-order valence-corrected chi connectivity index (χ2v) is 6.42. The van der Waals surface area contributed by atoms with E-state index in [0.29, 0.717) is 6.54 Å². The van der Waals surface area contributed by atoms with Crippen molar-refractivity contribution in [1.82, 2.24) is 10.2 Å². The molecule has 1 atom stereocenters. The molecule has 1 N–H and O–H groups in total. The fourth-order valence-corrected chi connectivity index (χ4v) is 3.40.